The van der Waals surface area contributed by atoms with Gasteiger partial charge in [-0.05, 0) is 63.0 Å². The number of carboxylic acid groups (broad SMARTS) is 1. The number of carboxylic acids is 1. The van der Waals surface area contributed by atoms with Crippen LogP contribution in [0.3, 0.4) is 0 Å². The van der Waals surface area contributed by atoms with Gasteiger partial charge in [0.1, 0.15) is 4.88 Å². The normalized spacial score (nSPS) is 25.4. The van der Waals surface area contributed by atoms with Gasteiger partial charge in [-0.25, -0.2) is 4.79 Å². The average molecular weight is 415 g/mol. The summed E-state index contributed by atoms with van der Waals surface area (Å²) in [5.74, 6) is -0.485. The van der Waals surface area contributed by atoms with Gasteiger partial charge in [-0.3, -0.25) is 0 Å². The lowest BCUT2D eigenvalue weighted by atomic mass is 9.89. The molecule has 1 aliphatic rings. The quantitative estimate of drug-likeness (QED) is 0.259. The Balaban J connectivity index is 1.77. The summed E-state index contributed by atoms with van der Waals surface area (Å²) in [5, 5.41) is 28.1. The lowest BCUT2D eigenvalue weighted by Crippen LogP contribution is -2.18. The fourth-order valence-corrected chi connectivity index (χ4v) is 5.22. The van der Waals surface area contributed by atoms with Crippen LogP contribution < -0.4 is 0 Å². The predicted molar refractivity (Wildman–Crippen MR) is 111 cm³/mol. The Bertz CT molecular complexity index is 601. The first-order valence-corrected chi connectivity index (χ1v) is 11.2. The molecule has 0 radical (unpaired) electrons. The van der Waals surface area contributed by atoms with Crippen molar-refractivity contribution in [1.82, 2.24) is 0 Å². The largest absolute Gasteiger partial charge is 0.477 e. The Hall–Kier alpha value is -0.880. The fourth-order valence-electron chi connectivity index (χ4n) is 3.85. The highest BCUT2D eigenvalue weighted by molar-refractivity contribution is 7.13. The van der Waals surface area contributed by atoms with Gasteiger partial charge in [-0.1, -0.05) is 25.0 Å². The highest BCUT2D eigenvalue weighted by Gasteiger charge is 2.39. The number of aryl methyl sites for hydroxylation is 1. The topological polar surface area (TPSA) is 77.8 Å². The van der Waals surface area contributed by atoms with Crippen LogP contribution in [0, 0.1) is 11.8 Å². The van der Waals surface area contributed by atoms with E-state index in [0.29, 0.717) is 11.3 Å². The molecule has 0 bridgehead atoms. The smallest absolute Gasteiger partial charge is 0.345 e. The molecule has 3 N–H and O–H groups in total. The molecule has 0 amide bonds. The molecule has 1 aromatic rings. The van der Waals surface area contributed by atoms with E-state index in [1.54, 1.807) is 6.07 Å². The second kappa shape index (κ2) is 11.8. The van der Waals surface area contributed by atoms with E-state index < -0.39 is 5.97 Å². The third-order valence-electron chi connectivity index (χ3n) is 5.34. The maximum Gasteiger partial charge on any atom is 0.345 e. The van der Waals surface area contributed by atoms with Crippen molar-refractivity contribution >= 4 is 28.9 Å². The number of aliphatic hydroxyl groups excluding tert-OH is 2. The van der Waals surface area contributed by atoms with E-state index in [4.69, 9.17) is 21.8 Å². The zero-order chi connectivity index (χ0) is 19.6. The van der Waals surface area contributed by atoms with Gasteiger partial charge in [-0.2, -0.15) is 0 Å². The Kier molecular flexibility index (Phi) is 9.83. The molecule has 0 spiro atoms. The standard InChI is InChI=1S/C21H31ClO4S/c22-18-14-19(24)17(9-5-3-1-2-4-6-13-23)16(18)10-7-8-15-11-12-20(27-15)21(25)26/h5,9,11-12,16-19,23-24H,1-4,6-8,10,13-14H2,(H,25,26)/t16-,17-,18-,19-/m1/s1. The average Bonchev–Trinajstić information content (AvgIpc) is 3.20. The first-order chi connectivity index (χ1) is 13.0. The number of hydrogen-bond acceptors (Lipinski definition) is 4. The fraction of sp³-hybridized carbons (Fsp3) is 0.667. The van der Waals surface area contributed by atoms with Crippen molar-refractivity contribution in [3.8, 4) is 0 Å². The third-order valence-corrected chi connectivity index (χ3v) is 6.98. The molecule has 0 aromatic carbocycles. The van der Waals surface area contributed by atoms with Crippen molar-refractivity contribution in [3.63, 3.8) is 0 Å². The minimum absolute atomic E-state index is 0.00267. The van der Waals surface area contributed by atoms with Crippen molar-refractivity contribution in [2.45, 2.75) is 69.3 Å². The highest BCUT2D eigenvalue weighted by Crippen LogP contribution is 2.40. The lowest BCUT2D eigenvalue weighted by molar-refractivity contribution is 0.0702. The second-order valence-corrected chi connectivity index (χ2v) is 9.11. The minimum atomic E-state index is -0.868. The molecule has 1 heterocycles. The van der Waals surface area contributed by atoms with Crippen molar-refractivity contribution in [3.05, 3.63) is 34.0 Å². The van der Waals surface area contributed by atoms with E-state index >= 15 is 0 Å². The van der Waals surface area contributed by atoms with E-state index in [2.05, 4.69) is 12.2 Å². The number of halogens is 1. The van der Waals surface area contributed by atoms with Crippen LogP contribution >= 0.6 is 22.9 Å². The lowest BCUT2D eigenvalue weighted by Gasteiger charge is -2.20. The van der Waals surface area contributed by atoms with Crippen LogP contribution in [-0.2, 0) is 6.42 Å². The number of unbranched alkanes of at least 4 members (excludes halogenated alkanes) is 4. The maximum atomic E-state index is 11.0. The molecule has 1 aliphatic carbocycles. The van der Waals surface area contributed by atoms with Crippen LogP contribution in [0.4, 0.5) is 0 Å². The van der Waals surface area contributed by atoms with E-state index in [1.165, 1.54) is 11.3 Å². The first kappa shape index (κ1) is 22.4. The van der Waals surface area contributed by atoms with E-state index in [1.807, 2.05) is 6.07 Å². The number of carbonyl (C=O) groups is 1. The van der Waals surface area contributed by atoms with Crippen LogP contribution in [0.25, 0.3) is 0 Å². The molecule has 1 fully saturated rings. The molecule has 2 rings (SSSR count). The predicted octanol–water partition coefficient (Wildman–Crippen LogP) is 4.87. The zero-order valence-electron chi connectivity index (χ0n) is 15.7. The van der Waals surface area contributed by atoms with Crippen molar-refractivity contribution < 1.29 is 20.1 Å². The van der Waals surface area contributed by atoms with Crippen LogP contribution in [0.5, 0.6) is 0 Å². The minimum Gasteiger partial charge on any atom is -0.477 e. The number of aliphatic hydroxyl groups is 2. The number of thiophene rings is 1. The molecule has 27 heavy (non-hydrogen) atoms. The summed E-state index contributed by atoms with van der Waals surface area (Å²) in [6.45, 7) is 0.270. The maximum absolute atomic E-state index is 11.0. The molecular weight excluding hydrogens is 384 g/mol. The van der Waals surface area contributed by atoms with Gasteiger partial charge >= 0.3 is 5.97 Å². The van der Waals surface area contributed by atoms with Crippen LogP contribution in [0.1, 0.15) is 65.9 Å². The zero-order valence-corrected chi connectivity index (χ0v) is 17.3. The SMILES string of the molecule is O=C(O)c1ccc(CCC[C@@H]2[C@@H](C=CCCCCCCO)[C@H](O)C[C@H]2Cl)s1. The number of alkyl halides is 1. The van der Waals surface area contributed by atoms with Gasteiger partial charge in [-0.15, -0.1) is 22.9 Å². The van der Waals surface area contributed by atoms with Gasteiger partial charge in [0.2, 0.25) is 0 Å². The van der Waals surface area contributed by atoms with Gasteiger partial charge < -0.3 is 15.3 Å². The van der Waals surface area contributed by atoms with Gasteiger partial charge in [0.05, 0.1) is 6.10 Å². The van der Waals surface area contributed by atoms with E-state index in [0.717, 1.165) is 56.2 Å². The Labute approximate surface area is 170 Å². The molecule has 0 saturated heterocycles. The third kappa shape index (κ3) is 7.22. The van der Waals surface area contributed by atoms with Gasteiger partial charge in [0, 0.05) is 22.8 Å². The number of aromatic carboxylic acids is 1. The summed E-state index contributed by atoms with van der Waals surface area (Å²) in [6, 6.07) is 3.56. The second-order valence-electron chi connectivity index (χ2n) is 7.38. The number of hydrogen-bond donors (Lipinski definition) is 3. The summed E-state index contributed by atoms with van der Waals surface area (Å²) in [5.41, 5.74) is 0. The van der Waals surface area contributed by atoms with Crippen molar-refractivity contribution in [2.24, 2.45) is 11.8 Å². The molecule has 1 aromatic heterocycles. The van der Waals surface area contributed by atoms with Crippen LogP contribution in [0.2, 0.25) is 0 Å². The Morgan fingerprint density at radius 2 is 2.00 bits per heavy atom. The summed E-state index contributed by atoms with van der Waals surface area (Å²) in [6.07, 6.45) is 12.5. The summed E-state index contributed by atoms with van der Waals surface area (Å²) < 4.78 is 0. The van der Waals surface area contributed by atoms with E-state index in [9.17, 15) is 9.90 Å². The van der Waals surface area contributed by atoms with Gasteiger partial charge in [0.25, 0.3) is 0 Å². The monoisotopic (exact) mass is 414 g/mol. The number of allylic oxidation sites excluding steroid dienone is 1. The first-order valence-electron chi connectivity index (χ1n) is 9.94. The molecule has 152 valence electrons. The summed E-state index contributed by atoms with van der Waals surface area (Å²) >= 11 is 7.84. The van der Waals surface area contributed by atoms with E-state index in [-0.39, 0.29) is 29.9 Å². The Morgan fingerprint density at radius 3 is 2.70 bits per heavy atom. The molecule has 4 nitrogen and oxygen atoms in total. The summed E-state index contributed by atoms with van der Waals surface area (Å²) in [7, 11) is 0. The molecule has 4 atom stereocenters. The van der Waals surface area contributed by atoms with Crippen molar-refractivity contribution in [1.29, 1.82) is 0 Å². The molecule has 0 unspecified atom stereocenters. The van der Waals surface area contributed by atoms with Crippen LogP contribution in [0.15, 0.2) is 24.3 Å². The van der Waals surface area contributed by atoms with Crippen LogP contribution in [-0.4, -0.2) is 39.4 Å². The highest BCUT2D eigenvalue weighted by atomic mass is 35.5. The molecule has 0 aliphatic heterocycles. The van der Waals surface area contributed by atoms with Crippen molar-refractivity contribution in [2.75, 3.05) is 6.61 Å². The molecule has 1 saturated carbocycles. The Morgan fingerprint density at radius 1 is 1.22 bits per heavy atom. The molecular formula is C21H31ClO4S. The summed E-state index contributed by atoms with van der Waals surface area (Å²) in [4.78, 5) is 12.4. The number of rotatable bonds is 12. The molecule has 6 heteroatoms. The van der Waals surface area contributed by atoms with Gasteiger partial charge in [0.15, 0.2) is 0 Å².